The van der Waals surface area contributed by atoms with Crippen LogP contribution in [-0.2, 0) is 14.3 Å². The van der Waals surface area contributed by atoms with Crippen LogP contribution in [0.3, 0.4) is 0 Å². The smallest absolute Gasteiger partial charge is 0.407 e. The number of ether oxygens (including phenoxy) is 2. The Balaban J connectivity index is 1.49. The summed E-state index contributed by atoms with van der Waals surface area (Å²) in [7, 11) is 0. The van der Waals surface area contributed by atoms with Gasteiger partial charge in [-0.3, -0.25) is 9.89 Å². The molecule has 1 saturated carbocycles. The highest BCUT2D eigenvalue weighted by Crippen LogP contribution is 2.38. The molecule has 0 bridgehead atoms. The molecule has 2 aliphatic rings. The third-order valence-electron chi connectivity index (χ3n) is 4.18. The van der Waals surface area contributed by atoms with E-state index in [1.807, 2.05) is 13.8 Å². The predicted molar refractivity (Wildman–Crippen MR) is 89.5 cm³/mol. The Hall–Kier alpha value is -2.53. The molecule has 134 valence electrons. The quantitative estimate of drug-likeness (QED) is 0.702. The molecule has 25 heavy (non-hydrogen) atoms. The first-order chi connectivity index (χ1) is 12.0. The lowest BCUT2D eigenvalue weighted by Crippen LogP contribution is -2.33. The fraction of sp³-hybridized carbons (Fsp3) is 0.588. The van der Waals surface area contributed by atoms with Crippen molar-refractivity contribution in [2.24, 2.45) is 11.8 Å². The van der Waals surface area contributed by atoms with Crippen molar-refractivity contribution in [2.75, 3.05) is 11.9 Å². The van der Waals surface area contributed by atoms with Crippen molar-refractivity contribution in [3.05, 3.63) is 11.8 Å². The first-order valence-electron chi connectivity index (χ1n) is 8.37. The second kappa shape index (κ2) is 7.15. The van der Waals surface area contributed by atoms with Crippen LogP contribution in [0.25, 0.3) is 0 Å². The lowest BCUT2D eigenvalue weighted by atomic mass is 10.1. The molecule has 3 rings (SSSR count). The number of aromatic nitrogens is 2. The fourth-order valence-corrected chi connectivity index (χ4v) is 2.77. The van der Waals surface area contributed by atoms with E-state index in [9.17, 15) is 9.59 Å². The molecule has 3 N–H and O–H groups in total. The summed E-state index contributed by atoms with van der Waals surface area (Å²) in [6.07, 6.45) is 5.55. The van der Waals surface area contributed by atoms with Gasteiger partial charge in [0, 0.05) is 24.4 Å². The van der Waals surface area contributed by atoms with Gasteiger partial charge in [0.1, 0.15) is 12.2 Å². The summed E-state index contributed by atoms with van der Waals surface area (Å²) in [5.41, 5.74) is 0.731. The first-order valence-corrected chi connectivity index (χ1v) is 8.37. The number of amides is 2. The van der Waals surface area contributed by atoms with E-state index in [2.05, 4.69) is 26.8 Å². The highest BCUT2D eigenvalue weighted by Gasteiger charge is 2.42. The van der Waals surface area contributed by atoms with Gasteiger partial charge >= 0.3 is 6.09 Å². The summed E-state index contributed by atoms with van der Waals surface area (Å²) < 4.78 is 11.0. The Morgan fingerprint density at radius 1 is 1.48 bits per heavy atom. The molecule has 8 heteroatoms. The van der Waals surface area contributed by atoms with E-state index in [4.69, 9.17) is 15.9 Å². The van der Waals surface area contributed by atoms with Gasteiger partial charge in [-0.15, -0.1) is 12.3 Å². The van der Waals surface area contributed by atoms with Crippen molar-refractivity contribution in [1.82, 2.24) is 15.5 Å². The number of nitrogens with zero attached hydrogens (tertiary/aromatic N) is 1. The molecule has 0 spiro atoms. The molecule has 2 fully saturated rings. The molecule has 1 aromatic heterocycles. The monoisotopic (exact) mass is 346 g/mol. The van der Waals surface area contributed by atoms with E-state index in [0.29, 0.717) is 18.8 Å². The van der Waals surface area contributed by atoms with E-state index in [1.54, 1.807) is 6.07 Å². The Bertz CT molecular complexity index is 693. The third-order valence-corrected chi connectivity index (χ3v) is 4.18. The van der Waals surface area contributed by atoms with Crippen molar-refractivity contribution in [3.63, 3.8) is 0 Å². The van der Waals surface area contributed by atoms with Crippen molar-refractivity contribution in [2.45, 2.75) is 44.9 Å². The fourth-order valence-electron chi connectivity index (χ4n) is 2.77. The number of hydrogen-bond donors (Lipinski definition) is 3. The van der Waals surface area contributed by atoms with Gasteiger partial charge in [-0.2, -0.15) is 5.10 Å². The number of carbonyl (C=O) groups excluding carboxylic acids is 2. The molecule has 0 unspecified atom stereocenters. The maximum absolute atomic E-state index is 12.0. The molecule has 1 aliphatic heterocycles. The lowest BCUT2D eigenvalue weighted by molar-refractivity contribution is -0.117. The second-order valence-electron chi connectivity index (χ2n) is 6.70. The number of carbonyl (C=O) groups is 2. The van der Waals surface area contributed by atoms with Crippen LogP contribution in [0.15, 0.2) is 6.07 Å². The van der Waals surface area contributed by atoms with Crippen LogP contribution in [0.2, 0.25) is 0 Å². The first kappa shape index (κ1) is 17.3. The third kappa shape index (κ3) is 4.31. The molecular weight excluding hydrogens is 324 g/mol. The number of aromatic amines is 1. The van der Waals surface area contributed by atoms with Gasteiger partial charge in [0.05, 0.1) is 18.2 Å². The summed E-state index contributed by atoms with van der Waals surface area (Å²) in [5.74, 6) is 2.82. The zero-order valence-electron chi connectivity index (χ0n) is 14.2. The minimum Gasteiger partial charge on any atom is -0.444 e. The van der Waals surface area contributed by atoms with Gasteiger partial charge in [0.25, 0.3) is 0 Å². The number of terminal acetylenes is 1. The largest absolute Gasteiger partial charge is 0.444 e. The number of alkyl carbamates (subject to hydrolysis) is 1. The molecule has 1 aromatic rings. The molecule has 8 nitrogen and oxygen atoms in total. The number of hydrogen-bond acceptors (Lipinski definition) is 5. The van der Waals surface area contributed by atoms with Crippen LogP contribution in [-0.4, -0.2) is 41.0 Å². The van der Waals surface area contributed by atoms with Crippen LogP contribution < -0.4 is 10.6 Å². The summed E-state index contributed by atoms with van der Waals surface area (Å²) >= 11 is 0. The summed E-state index contributed by atoms with van der Waals surface area (Å²) in [6.45, 7) is 4.05. The van der Waals surface area contributed by atoms with Crippen LogP contribution in [0.5, 0.6) is 0 Å². The van der Waals surface area contributed by atoms with E-state index in [0.717, 1.165) is 12.1 Å². The summed E-state index contributed by atoms with van der Waals surface area (Å²) in [6, 6.07) is 1.75. The molecule has 1 saturated heterocycles. The minimum absolute atomic E-state index is 0.0185. The molecule has 2 amide bonds. The van der Waals surface area contributed by atoms with Crippen molar-refractivity contribution >= 4 is 17.8 Å². The van der Waals surface area contributed by atoms with Gasteiger partial charge < -0.3 is 20.1 Å². The van der Waals surface area contributed by atoms with Crippen LogP contribution in [0.4, 0.5) is 10.6 Å². The highest BCUT2D eigenvalue weighted by atomic mass is 16.6. The zero-order valence-corrected chi connectivity index (χ0v) is 14.2. The molecular formula is C17H22N4O4. The molecule has 1 aliphatic carbocycles. The van der Waals surface area contributed by atoms with Crippen LogP contribution in [0, 0.1) is 24.2 Å². The van der Waals surface area contributed by atoms with Gasteiger partial charge in [0.15, 0.2) is 5.82 Å². The predicted octanol–water partition coefficient (Wildman–Crippen LogP) is 1.58. The Labute approximate surface area is 146 Å². The van der Waals surface area contributed by atoms with E-state index in [-0.39, 0.29) is 36.0 Å². The average Bonchev–Trinajstić information content (AvgIpc) is 2.96. The number of nitrogens with one attached hydrogen (secondary N) is 3. The van der Waals surface area contributed by atoms with Gasteiger partial charge in [0.2, 0.25) is 5.91 Å². The minimum atomic E-state index is -0.450. The Morgan fingerprint density at radius 2 is 2.28 bits per heavy atom. The molecule has 0 aromatic carbocycles. The van der Waals surface area contributed by atoms with E-state index >= 15 is 0 Å². The zero-order chi connectivity index (χ0) is 18.0. The Morgan fingerprint density at radius 3 is 2.96 bits per heavy atom. The number of rotatable bonds is 5. The number of H-pyrrole nitrogens is 1. The molecule has 4 atom stereocenters. The highest BCUT2D eigenvalue weighted by molar-refractivity contribution is 5.94. The maximum Gasteiger partial charge on any atom is 0.407 e. The van der Waals surface area contributed by atoms with Crippen LogP contribution in [0.1, 0.15) is 38.5 Å². The molecule has 0 radical (unpaired) electrons. The van der Waals surface area contributed by atoms with E-state index < -0.39 is 6.09 Å². The Kier molecular flexibility index (Phi) is 4.95. The topological polar surface area (TPSA) is 105 Å². The van der Waals surface area contributed by atoms with Gasteiger partial charge in [-0.25, -0.2) is 4.79 Å². The summed E-state index contributed by atoms with van der Waals surface area (Å²) in [5, 5.41) is 12.4. The van der Waals surface area contributed by atoms with Gasteiger partial charge in [-0.05, 0) is 20.3 Å². The second-order valence-corrected chi connectivity index (χ2v) is 6.70. The van der Waals surface area contributed by atoms with Crippen molar-refractivity contribution in [3.8, 4) is 12.3 Å². The average molecular weight is 346 g/mol. The van der Waals surface area contributed by atoms with Crippen molar-refractivity contribution in [1.29, 1.82) is 0 Å². The molecule has 2 heterocycles. The maximum atomic E-state index is 12.0. The summed E-state index contributed by atoms with van der Waals surface area (Å²) in [4.78, 5) is 23.6. The standard InChI is InChI=1S/C17H22N4O4/c1-4-10-5-12(10)16(22)19-15-7-13(20-21-15)14-6-11(8-24-14)25-17(23)18-9(2)3/h1,7,9-12,14H,5-6,8H2,2-3H3,(H,18,23)(H2,19,20,21,22)/t10-,11-,12-,14-/m0/s1. The number of anilines is 1. The van der Waals surface area contributed by atoms with Gasteiger partial charge in [-0.1, -0.05) is 0 Å². The lowest BCUT2D eigenvalue weighted by Gasteiger charge is -2.13. The SMILES string of the molecule is C#C[C@H]1C[C@@H]1C(=O)Nc1cc([C@@H]2C[C@H](OC(=O)NC(C)C)CO2)[nH]n1. The van der Waals surface area contributed by atoms with Crippen LogP contribution >= 0.6 is 0 Å². The van der Waals surface area contributed by atoms with E-state index in [1.165, 1.54) is 0 Å². The normalized spacial score (nSPS) is 27.6. The van der Waals surface area contributed by atoms with Crippen molar-refractivity contribution < 1.29 is 19.1 Å².